The molecule has 1 rings (SSSR count). The molecule has 110 valence electrons. The van der Waals surface area contributed by atoms with Gasteiger partial charge in [0, 0.05) is 39.2 Å². The molecule has 5 heteroatoms. The highest BCUT2D eigenvalue weighted by Gasteiger charge is 2.28. The highest BCUT2D eigenvalue weighted by molar-refractivity contribution is 4.86. The zero-order chi connectivity index (χ0) is 14.5. The smallest absolute Gasteiger partial charge is 0.171 e. The van der Waals surface area contributed by atoms with Crippen molar-refractivity contribution >= 4 is 0 Å². The summed E-state index contributed by atoms with van der Waals surface area (Å²) in [5.74, 6) is 0. The highest BCUT2D eigenvalue weighted by atomic mass is 16.7. The van der Waals surface area contributed by atoms with Gasteiger partial charge in [0.25, 0.3) is 0 Å². The van der Waals surface area contributed by atoms with Crippen molar-refractivity contribution in [1.29, 1.82) is 0 Å². The molecule has 1 aromatic heterocycles. The first kappa shape index (κ1) is 16.1. The summed E-state index contributed by atoms with van der Waals surface area (Å²) in [5, 5.41) is 3.60. The average Bonchev–Trinajstić information content (AvgIpc) is 2.81. The van der Waals surface area contributed by atoms with Gasteiger partial charge in [-0.3, -0.25) is 0 Å². The third kappa shape index (κ3) is 4.93. The quantitative estimate of drug-likeness (QED) is 0.768. The zero-order valence-electron chi connectivity index (χ0n) is 12.9. The van der Waals surface area contributed by atoms with E-state index in [9.17, 15) is 0 Å². The van der Waals surface area contributed by atoms with E-state index in [-0.39, 0.29) is 17.7 Å². The van der Waals surface area contributed by atoms with Crippen molar-refractivity contribution in [2.45, 2.75) is 52.6 Å². The molecule has 2 atom stereocenters. The molecule has 0 radical (unpaired) electrons. The fraction of sp³-hybridized carbons (Fsp3) is 0.786. The van der Waals surface area contributed by atoms with Crippen LogP contribution in [-0.2, 0) is 16.0 Å². The Labute approximate surface area is 116 Å². The Morgan fingerprint density at radius 1 is 1.26 bits per heavy atom. The fourth-order valence-corrected chi connectivity index (χ4v) is 2.08. The van der Waals surface area contributed by atoms with Gasteiger partial charge in [0.2, 0.25) is 0 Å². The van der Waals surface area contributed by atoms with Crippen LogP contribution >= 0.6 is 0 Å². The molecule has 0 bridgehead atoms. The molecule has 0 aliphatic rings. The average molecular weight is 269 g/mol. The van der Waals surface area contributed by atoms with Gasteiger partial charge < -0.3 is 19.4 Å². The SMILES string of the molecule is COC(OC)C(C)NC(Cn1ccnc1)C(C)(C)C. The van der Waals surface area contributed by atoms with Gasteiger partial charge in [-0.25, -0.2) is 4.98 Å². The third-order valence-electron chi connectivity index (χ3n) is 3.33. The summed E-state index contributed by atoms with van der Waals surface area (Å²) in [6.07, 6.45) is 5.38. The van der Waals surface area contributed by atoms with Crippen LogP contribution in [0, 0.1) is 5.41 Å². The summed E-state index contributed by atoms with van der Waals surface area (Å²) in [6.45, 7) is 9.62. The van der Waals surface area contributed by atoms with Gasteiger partial charge >= 0.3 is 0 Å². The molecule has 0 saturated heterocycles. The van der Waals surface area contributed by atoms with E-state index in [1.807, 2.05) is 12.5 Å². The second-order valence-electron chi connectivity index (χ2n) is 5.97. The van der Waals surface area contributed by atoms with Crippen LogP contribution in [-0.4, -0.2) is 42.1 Å². The lowest BCUT2D eigenvalue weighted by atomic mass is 9.86. The Kier molecular flexibility index (Phi) is 5.97. The summed E-state index contributed by atoms with van der Waals surface area (Å²) in [6, 6.07) is 0.409. The highest BCUT2D eigenvalue weighted by Crippen LogP contribution is 2.22. The molecular weight excluding hydrogens is 242 g/mol. The van der Waals surface area contributed by atoms with Gasteiger partial charge in [0.05, 0.1) is 12.4 Å². The number of nitrogens with zero attached hydrogens (tertiary/aromatic N) is 2. The monoisotopic (exact) mass is 269 g/mol. The minimum atomic E-state index is -0.243. The molecule has 0 aliphatic heterocycles. The van der Waals surface area contributed by atoms with Crippen molar-refractivity contribution < 1.29 is 9.47 Å². The second-order valence-corrected chi connectivity index (χ2v) is 5.97. The van der Waals surface area contributed by atoms with Crippen molar-refractivity contribution in [1.82, 2.24) is 14.9 Å². The number of hydrogen-bond acceptors (Lipinski definition) is 4. The molecule has 1 aromatic rings. The topological polar surface area (TPSA) is 48.3 Å². The van der Waals surface area contributed by atoms with Crippen LogP contribution in [0.3, 0.4) is 0 Å². The van der Waals surface area contributed by atoms with E-state index >= 15 is 0 Å². The number of nitrogens with one attached hydrogen (secondary N) is 1. The van der Waals surface area contributed by atoms with E-state index in [1.54, 1.807) is 20.4 Å². The summed E-state index contributed by atoms with van der Waals surface area (Å²) in [7, 11) is 3.32. The fourth-order valence-electron chi connectivity index (χ4n) is 2.08. The minimum absolute atomic E-state index is 0.114. The van der Waals surface area contributed by atoms with Crippen LogP contribution in [0.2, 0.25) is 0 Å². The van der Waals surface area contributed by atoms with Crippen LogP contribution in [0.25, 0.3) is 0 Å². The normalized spacial score (nSPS) is 15.7. The van der Waals surface area contributed by atoms with Crippen molar-refractivity contribution in [3.8, 4) is 0 Å². The Balaban J connectivity index is 2.70. The molecule has 0 saturated carbocycles. The molecule has 2 unspecified atom stereocenters. The van der Waals surface area contributed by atoms with E-state index in [4.69, 9.17) is 9.47 Å². The molecule has 5 nitrogen and oxygen atoms in total. The first-order valence-corrected chi connectivity index (χ1v) is 6.66. The minimum Gasteiger partial charge on any atom is -0.354 e. The molecule has 0 spiro atoms. The van der Waals surface area contributed by atoms with Crippen LogP contribution in [0.5, 0.6) is 0 Å². The Hall–Kier alpha value is -0.910. The first-order chi connectivity index (χ1) is 8.88. The molecule has 0 aliphatic carbocycles. The number of ether oxygens (including phenoxy) is 2. The van der Waals surface area contributed by atoms with Gasteiger partial charge in [-0.15, -0.1) is 0 Å². The van der Waals surface area contributed by atoms with Crippen LogP contribution in [0.1, 0.15) is 27.7 Å². The number of methoxy groups -OCH3 is 2. The van der Waals surface area contributed by atoms with E-state index < -0.39 is 0 Å². The summed E-state index contributed by atoms with van der Waals surface area (Å²) < 4.78 is 12.7. The maximum absolute atomic E-state index is 5.31. The number of aromatic nitrogens is 2. The van der Waals surface area contributed by atoms with E-state index in [2.05, 4.69) is 42.6 Å². The molecule has 1 heterocycles. The van der Waals surface area contributed by atoms with Crippen LogP contribution in [0.4, 0.5) is 0 Å². The Bertz CT molecular complexity index is 342. The predicted octanol–water partition coefficient (Wildman–Crippen LogP) is 1.89. The lowest BCUT2D eigenvalue weighted by Crippen LogP contribution is -2.51. The Morgan fingerprint density at radius 2 is 1.89 bits per heavy atom. The van der Waals surface area contributed by atoms with Crippen molar-refractivity contribution in [2.24, 2.45) is 5.41 Å². The molecule has 0 amide bonds. The van der Waals surface area contributed by atoms with E-state index in [0.29, 0.717) is 6.04 Å². The van der Waals surface area contributed by atoms with Crippen LogP contribution in [0.15, 0.2) is 18.7 Å². The number of hydrogen-bond donors (Lipinski definition) is 1. The molecular formula is C14H27N3O2. The Morgan fingerprint density at radius 3 is 2.32 bits per heavy atom. The number of imidazole rings is 1. The van der Waals surface area contributed by atoms with Gasteiger partial charge in [-0.05, 0) is 12.3 Å². The zero-order valence-corrected chi connectivity index (χ0v) is 12.9. The van der Waals surface area contributed by atoms with Crippen LogP contribution < -0.4 is 5.32 Å². The maximum Gasteiger partial charge on any atom is 0.171 e. The van der Waals surface area contributed by atoms with E-state index in [0.717, 1.165) is 6.54 Å². The second kappa shape index (κ2) is 7.03. The van der Waals surface area contributed by atoms with Gasteiger partial charge in [0.15, 0.2) is 6.29 Å². The lowest BCUT2D eigenvalue weighted by Gasteiger charge is -2.36. The van der Waals surface area contributed by atoms with Crippen molar-refractivity contribution in [2.75, 3.05) is 14.2 Å². The van der Waals surface area contributed by atoms with Gasteiger partial charge in [-0.1, -0.05) is 20.8 Å². The number of rotatable bonds is 7. The molecule has 19 heavy (non-hydrogen) atoms. The predicted molar refractivity (Wildman–Crippen MR) is 75.9 cm³/mol. The molecule has 0 fully saturated rings. The van der Waals surface area contributed by atoms with Gasteiger partial charge in [0.1, 0.15) is 0 Å². The molecule has 0 aromatic carbocycles. The molecule has 1 N–H and O–H groups in total. The summed E-state index contributed by atoms with van der Waals surface area (Å²) in [5.41, 5.74) is 0.130. The maximum atomic E-state index is 5.31. The lowest BCUT2D eigenvalue weighted by molar-refractivity contribution is -0.122. The van der Waals surface area contributed by atoms with Gasteiger partial charge in [-0.2, -0.15) is 0 Å². The van der Waals surface area contributed by atoms with E-state index in [1.165, 1.54) is 0 Å². The first-order valence-electron chi connectivity index (χ1n) is 6.66. The third-order valence-corrected chi connectivity index (χ3v) is 3.33. The summed E-state index contributed by atoms with van der Waals surface area (Å²) in [4.78, 5) is 4.09. The van der Waals surface area contributed by atoms with Crippen molar-refractivity contribution in [3.63, 3.8) is 0 Å². The largest absolute Gasteiger partial charge is 0.354 e. The summed E-state index contributed by atoms with van der Waals surface area (Å²) >= 11 is 0. The van der Waals surface area contributed by atoms with Crippen molar-refractivity contribution in [3.05, 3.63) is 18.7 Å². The standard InChI is InChI=1S/C14H27N3O2/c1-11(13(18-5)19-6)16-12(14(2,3)4)9-17-8-7-15-10-17/h7-8,10-13,16H,9H2,1-6H3.